The number of benzene rings is 2. The fraction of sp³-hybridized carbons (Fsp3) is 0.444. The lowest BCUT2D eigenvalue weighted by molar-refractivity contribution is -0.0596. The molecule has 2 fully saturated rings. The number of aromatic nitrogens is 1. The Morgan fingerprint density at radius 1 is 1.30 bits per heavy atom. The van der Waals surface area contributed by atoms with Gasteiger partial charge in [-0.05, 0) is 68.9 Å². The van der Waals surface area contributed by atoms with E-state index < -0.39 is 5.97 Å². The molecule has 6 heteroatoms. The number of H-pyrrole nitrogens is 1. The smallest absolute Gasteiger partial charge is 0.336 e. The van der Waals surface area contributed by atoms with Crippen LogP contribution in [-0.4, -0.2) is 46.8 Å². The number of rotatable bonds is 7. The largest absolute Gasteiger partial charge is 0.496 e. The van der Waals surface area contributed by atoms with E-state index in [9.17, 15) is 9.90 Å². The SMILES string of the molecule is CCO[C@H]1C[C@H]2CC[C@@](c3ccccc3C(=O)O)(C1)N2Cc1c(OC)cc(C)c2[nH]ccc12. The number of aromatic amines is 1. The first-order valence-corrected chi connectivity index (χ1v) is 11.8. The van der Waals surface area contributed by atoms with Crippen molar-refractivity contribution in [3.05, 3.63) is 64.8 Å². The quantitative estimate of drug-likeness (QED) is 0.517. The Morgan fingerprint density at radius 3 is 2.88 bits per heavy atom. The minimum Gasteiger partial charge on any atom is -0.496 e. The Kier molecular flexibility index (Phi) is 5.67. The van der Waals surface area contributed by atoms with Gasteiger partial charge in [-0.15, -0.1) is 0 Å². The van der Waals surface area contributed by atoms with E-state index in [4.69, 9.17) is 9.47 Å². The summed E-state index contributed by atoms with van der Waals surface area (Å²) in [5, 5.41) is 11.2. The fourth-order valence-electron chi connectivity index (χ4n) is 6.35. The van der Waals surface area contributed by atoms with E-state index in [1.165, 1.54) is 5.39 Å². The molecule has 6 nitrogen and oxygen atoms in total. The van der Waals surface area contributed by atoms with Crippen LogP contribution in [0.5, 0.6) is 5.75 Å². The molecule has 5 rings (SSSR count). The standard InChI is InChI=1S/C27H32N2O4/c1-4-33-19-14-18-9-11-27(15-19,23-8-6-5-7-21(23)26(30)31)29(18)16-22-20-10-12-28-25(20)17(2)13-24(22)32-3/h5-8,10,12-13,18-19,28H,4,9,11,14-16H2,1-3H3,(H,30,31)/t18-,19+,27+/m1/s1. The second kappa shape index (κ2) is 8.50. The van der Waals surface area contributed by atoms with Crippen molar-refractivity contribution in [1.29, 1.82) is 0 Å². The van der Waals surface area contributed by atoms with Gasteiger partial charge in [0.05, 0.1) is 24.3 Å². The topological polar surface area (TPSA) is 74.8 Å². The average Bonchev–Trinajstić information content (AvgIpc) is 3.38. The molecule has 0 spiro atoms. The minimum atomic E-state index is -0.872. The van der Waals surface area contributed by atoms with Gasteiger partial charge >= 0.3 is 5.97 Å². The van der Waals surface area contributed by atoms with Gasteiger partial charge in [-0.25, -0.2) is 4.79 Å². The predicted molar refractivity (Wildman–Crippen MR) is 128 cm³/mol. The molecule has 0 radical (unpaired) electrons. The van der Waals surface area contributed by atoms with Crippen molar-refractivity contribution < 1.29 is 19.4 Å². The van der Waals surface area contributed by atoms with Gasteiger partial charge in [0.2, 0.25) is 0 Å². The van der Waals surface area contributed by atoms with Crippen LogP contribution >= 0.6 is 0 Å². The number of carbonyl (C=O) groups is 1. The highest BCUT2D eigenvalue weighted by atomic mass is 16.5. The summed E-state index contributed by atoms with van der Waals surface area (Å²) in [6.07, 6.45) is 5.83. The highest BCUT2D eigenvalue weighted by molar-refractivity contribution is 5.90. The van der Waals surface area contributed by atoms with E-state index >= 15 is 0 Å². The molecule has 1 aromatic heterocycles. The monoisotopic (exact) mass is 448 g/mol. The van der Waals surface area contributed by atoms with Crippen molar-refractivity contribution >= 4 is 16.9 Å². The van der Waals surface area contributed by atoms with Gasteiger partial charge in [-0.1, -0.05) is 18.2 Å². The number of aryl methyl sites for hydroxylation is 1. The fourth-order valence-corrected chi connectivity index (χ4v) is 6.35. The third-order valence-electron chi connectivity index (χ3n) is 7.70. The normalized spacial score (nSPS) is 24.9. The maximum Gasteiger partial charge on any atom is 0.336 e. The van der Waals surface area contributed by atoms with E-state index in [2.05, 4.69) is 28.9 Å². The number of aromatic carboxylic acids is 1. The Labute approximate surface area is 194 Å². The maximum atomic E-state index is 12.2. The summed E-state index contributed by atoms with van der Waals surface area (Å²) >= 11 is 0. The van der Waals surface area contributed by atoms with Crippen LogP contribution in [-0.2, 0) is 16.8 Å². The Balaban J connectivity index is 1.65. The van der Waals surface area contributed by atoms with Crippen LogP contribution < -0.4 is 4.74 Å². The van der Waals surface area contributed by atoms with E-state index in [-0.39, 0.29) is 11.6 Å². The number of ether oxygens (including phenoxy) is 2. The van der Waals surface area contributed by atoms with Crippen molar-refractivity contribution in [3.8, 4) is 5.75 Å². The molecule has 0 unspecified atom stereocenters. The molecule has 0 amide bonds. The van der Waals surface area contributed by atoms with Crippen LogP contribution in [0.15, 0.2) is 42.6 Å². The molecule has 0 saturated carbocycles. The highest BCUT2D eigenvalue weighted by Gasteiger charge is 2.54. The van der Waals surface area contributed by atoms with Gasteiger partial charge in [0.15, 0.2) is 0 Å². The van der Waals surface area contributed by atoms with E-state index in [0.717, 1.165) is 53.6 Å². The number of piperidine rings is 1. The van der Waals surface area contributed by atoms with Crippen molar-refractivity contribution in [1.82, 2.24) is 9.88 Å². The minimum absolute atomic E-state index is 0.132. The van der Waals surface area contributed by atoms with Crippen LogP contribution in [0.25, 0.3) is 10.9 Å². The third-order valence-corrected chi connectivity index (χ3v) is 7.70. The Bertz CT molecular complexity index is 1190. The molecule has 3 heterocycles. The van der Waals surface area contributed by atoms with Gasteiger partial charge in [0, 0.05) is 41.9 Å². The van der Waals surface area contributed by atoms with Crippen molar-refractivity contribution in [2.75, 3.05) is 13.7 Å². The van der Waals surface area contributed by atoms with Crippen LogP contribution in [0, 0.1) is 6.92 Å². The molecule has 3 aromatic rings. The first kappa shape index (κ1) is 22.0. The Hall–Kier alpha value is -2.83. The zero-order valence-corrected chi connectivity index (χ0v) is 19.6. The number of carboxylic acid groups (broad SMARTS) is 1. The first-order valence-electron chi connectivity index (χ1n) is 11.8. The van der Waals surface area contributed by atoms with Crippen molar-refractivity contribution in [2.45, 2.75) is 63.8 Å². The number of carboxylic acids is 1. The molecule has 2 N–H and O–H groups in total. The molecule has 33 heavy (non-hydrogen) atoms. The lowest BCUT2D eigenvalue weighted by atomic mass is 9.78. The van der Waals surface area contributed by atoms with E-state index in [1.54, 1.807) is 13.2 Å². The maximum absolute atomic E-state index is 12.2. The molecule has 3 atom stereocenters. The van der Waals surface area contributed by atoms with Crippen LogP contribution in [0.2, 0.25) is 0 Å². The molecule has 0 aliphatic carbocycles. The molecule has 2 saturated heterocycles. The van der Waals surface area contributed by atoms with E-state index in [1.807, 2.05) is 31.3 Å². The zero-order chi connectivity index (χ0) is 23.2. The number of methoxy groups -OCH3 is 1. The first-order chi connectivity index (χ1) is 16.0. The highest BCUT2D eigenvalue weighted by Crippen LogP contribution is 2.53. The average molecular weight is 449 g/mol. The number of hydrogen-bond acceptors (Lipinski definition) is 4. The summed E-state index contributed by atoms with van der Waals surface area (Å²) < 4.78 is 12.0. The summed E-state index contributed by atoms with van der Waals surface area (Å²) in [4.78, 5) is 18.1. The molecule has 2 aliphatic rings. The summed E-state index contributed by atoms with van der Waals surface area (Å²) in [6.45, 7) is 5.50. The predicted octanol–water partition coefficient (Wildman–Crippen LogP) is 5.24. The number of hydrogen-bond donors (Lipinski definition) is 2. The molecule has 2 aromatic carbocycles. The molecular weight excluding hydrogens is 416 g/mol. The molecule has 174 valence electrons. The van der Waals surface area contributed by atoms with Gasteiger partial charge in [0.25, 0.3) is 0 Å². The van der Waals surface area contributed by atoms with Crippen molar-refractivity contribution in [3.63, 3.8) is 0 Å². The Morgan fingerprint density at radius 2 is 2.12 bits per heavy atom. The molecule has 2 bridgehead atoms. The lowest BCUT2D eigenvalue weighted by Crippen LogP contribution is -2.52. The van der Waals surface area contributed by atoms with Crippen molar-refractivity contribution in [2.24, 2.45) is 0 Å². The summed E-state index contributed by atoms with van der Waals surface area (Å²) in [7, 11) is 1.72. The van der Waals surface area contributed by atoms with E-state index in [0.29, 0.717) is 24.8 Å². The summed E-state index contributed by atoms with van der Waals surface area (Å²) in [6, 6.07) is 12.1. The van der Waals surface area contributed by atoms with Gasteiger partial charge in [-0.2, -0.15) is 0 Å². The second-order valence-electron chi connectivity index (χ2n) is 9.36. The van der Waals surface area contributed by atoms with Crippen LogP contribution in [0.4, 0.5) is 0 Å². The van der Waals surface area contributed by atoms with Gasteiger partial charge in [-0.3, -0.25) is 4.90 Å². The van der Waals surface area contributed by atoms with Crippen LogP contribution in [0.3, 0.4) is 0 Å². The number of nitrogens with one attached hydrogen (secondary N) is 1. The number of nitrogens with zero attached hydrogens (tertiary/aromatic N) is 1. The van der Waals surface area contributed by atoms with Gasteiger partial charge in [0.1, 0.15) is 5.75 Å². The van der Waals surface area contributed by atoms with Gasteiger partial charge < -0.3 is 19.6 Å². The summed E-state index contributed by atoms with van der Waals surface area (Å²) in [5.74, 6) is 0.00968. The zero-order valence-electron chi connectivity index (χ0n) is 19.6. The lowest BCUT2D eigenvalue weighted by Gasteiger charge is -2.48. The molecule has 2 aliphatic heterocycles. The third kappa shape index (κ3) is 3.52. The summed E-state index contributed by atoms with van der Waals surface area (Å²) in [5.41, 5.74) is 4.35. The second-order valence-corrected chi connectivity index (χ2v) is 9.36. The number of fused-ring (bicyclic) bond motifs is 3. The van der Waals surface area contributed by atoms with Crippen LogP contribution in [0.1, 0.15) is 59.7 Å². The molecular formula is C27H32N2O4.